The van der Waals surface area contributed by atoms with E-state index in [9.17, 15) is 64.3 Å². The molecule has 105 heavy (non-hydrogen) atoms. The predicted molar refractivity (Wildman–Crippen MR) is 366 cm³/mol. The third-order valence-corrected chi connectivity index (χ3v) is 15.9. The van der Waals surface area contributed by atoms with Gasteiger partial charge >= 0.3 is 17.8 Å². The topological polar surface area (TPSA) is 329 Å². The summed E-state index contributed by atoms with van der Waals surface area (Å²) in [6.07, 6.45) is 10.6. The van der Waals surface area contributed by atoms with Gasteiger partial charge in [0, 0.05) is 100 Å². The molecule has 11 aromatic rings. The first-order valence-electron chi connectivity index (χ1n) is 31.3. The summed E-state index contributed by atoms with van der Waals surface area (Å²) in [6, 6.07) is 30.5. The van der Waals surface area contributed by atoms with E-state index < -0.39 is 101 Å². The lowest BCUT2D eigenvalue weighted by Gasteiger charge is -2.17. The Morgan fingerprint density at radius 2 is 0.924 bits per heavy atom. The van der Waals surface area contributed by atoms with Gasteiger partial charge in [0.2, 0.25) is 17.7 Å². The first kappa shape index (κ1) is 77.5. The number of anilines is 3. The van der Waals surface area contributed by atoms with E-state index in [1.54, 1.807) is 48.5 Å². The van der Waals surface area contributed by atoms with Crippen LogP contribution in [-0.2, 0) is 77.5 Å². The summed E-state index contributed by atoms with van der Waals surface area (Å²) in [5, 5.41) is 54.6. The normalized spacial score (nSPS) is 11.3. The lowest BCUT2D eigenvalue weighted by atomic mass is 10.0. The third kappa shape index (κ3) is 21.5. The molecule has 0 atom stereocenters. The van der Waals surface area contributed by atoms with Crippen LogP contribution in [0.5, 0.6) is 0 Å². The fraction of sp³-hybridized carbons (Fsp3) is 0.206. The average molecular weight is 1510 g/mol. The summed E-state index contributed by atoms with van der Waals surface area (Å²) in [4.78, 5) is 56.2. The number of amides is 3. The number of hydrogen-bond donors (Lipinski definition) is 7. The molecule has 3 aromatic carbocycles. The smallest absolute Gasteiger partial charge is 0.347 e. The van der Waals surface area contributed by atoms with Crippen LogP contribution in [0.2, 0.25) is 15.1 Å². The Labute approximate surface area is 606 Å². The van der Waals surface area contributed by atoms with Crippen molar-refractivity contribution in [2.24, 2.45) is 5.73 Å². The summed E-state index contributed by atoms with van der Waals surface area (Å²) >= 11 is 18.2. The van der Waals surface area contributed by atoms with E-state index in [1.165, 1.54) is 114 Å². The maximum absolute atomic E-state index is 14.9. The zero-order chi connectivity index (χ0) is 75.3. The molecule has 3 amide bonds. The van der Waals surface area contributed by atoms with Gasteiger partial charge in [0.25, 0.3) is 11.4 Å². The summed E-state index contributed by atoms with van der Waals surface area (Å²) < 4.78 is 134. The number of carbonyl (C=O) groups excluding carboxylic acids is 3. The molecule has 25 nitrogen and oxygen atoms in total. The van der Waals surface area contributed by atoms with Crippen LogP contribution in [0.3, 0.4) is 0 Å². The highest BCUT2D eigenvalue weighted by Crippen LogP contribution is 2.31. The van der Waals surface area contributed by atoms with Gasteiger partial charge in [-0.05, 0) is 137 Å². The van der Waals surface area contributed by atoms with Gasteiger partial charge in [-0.3, -0.25) is 19.4 Å². The molecule has 0 saturated heterocycles. The monoisotopic (exact) mass is 1510 g/mol. The highest BCUT2D eigenvalue weighted by Gasteiger charge is 2.41. The summed E-state index contributed by atoms with van der Waals surface area (Å²) in [5.74, 6) is -16.1. The molecule has 0 bridgehead atoms. The van der Waals surface area contributed by atoms with E-state index in [-0.39, 0.29) is 70.9 Å². The van der Waals surface area contributed by atoms with Gasteiger partial charge in [-0.15, -0.1) is 5.10 Å². The van der Waals surface area contributed by atoms with Crippen molar-refractivity contribution in [2.45, 2.75) is 63.1 Å². The lowest BCUT2D eigenvalue weighted by molar-refractivity contribution is -0.624. The second kappa shape index (κ2) is 36.0. The molecular weight excluding hydrogens is 1450 g/mol. The standard InChI is InChI=1S/C23H19ClF3N7O2.C23H23ClF3N5O.C22H18ClF3N8O2/c24-17-4-5-18(33-14-28-13-32-33)16(9-17)11-30-20(35)10-15-6-7-29-22(21(15)25)31-12-23(26,27)19-3-1-2-8-34(19)36;24-18-5-4-15(6-8-28)17(11-18)13-31-20(33)12-16-7-10-30-22(21(16)25)32-14-23(26,27)19-3-1-2-9-29-19;23-16-4-5-17(33-13-30-31-32-33)15(9-16)11-28-19(35)10-14-6-7-27-21(20(14)24)29-12-22(25,26)18-3-1-2-8-34(18)36/h1-9,13-14H,10-12H2,(H,29,31)(H,30,35);1-5,7,9-11H,6,8,12-14,28H2,(H,30,32)(H,31,33);1-9,13H,10-12H2,(H,27,29)(H,28,35). The number of nitrogens with one attached hydrogen (secondary N) is 6. The minimum absolute atomic E-state index is 0.0272. The molecule has 0 fully saturated rings. The Hall–Kier alpha value is -11.6. The van der Waals surface area contributed by atoms with Gasteiger partial charge in [-0.25, -0.2) is 42.5 Å². The van der Waals surface area contributed by atoms with Gasteiger partial charge in [-0.2, -0.15) is 40.9 Å². The van der Waals surface area contributed by atoms with Crippen molar-refractivity contribution in [3.63, 3.8) is 0 Å². The molecule has 546 valence electrons. The Morgan fingerprint density at radius 3 is 1.34 bits per heavy atom. The van der Waals surface area contributed by atoms with Crippen molar-refractivity contribution in [3.05, 3.63) is 283 Å². The number of aromatic nitrogens is 13. The minimum atomic E-state index is -3.60. The fourth-order valence-electron chi connectivity index (χ4n) is 9.98. The number of rotatable bonds is 28. The van der Waals surface area contributed by atoms with Crippen molar-refractivity contribution in [3.8, 4) is 11.4 Å². The van der Waals surface area contributed by atoms with E-state index in [4.69, 9.17) is 40.5 Å². The van der Waals surface area contributed by atoms with Gasteiger partial charge < -0.3 is 48.0 Å². The van der Waals surface area contributed by atoms with Crippen LogP contribution in [0.1, 0.15) is 56.0 Å². The fourth-order valence-corrected chi connectivity index (χ4v) is 10.6. The molecule has 0 saturated carbocycles. The number of alkyl halides is 6. The first-order valence-corrected chi connectivity index (χ1v) is 32.4. The van der Waals surface area contributed by atoms with Crippen molar-refractivity contribution in [1.82, 2.24) is 70.9 Å². The number of tetrazole rings is 1. The SMILES string of the molecule is NCCc1ccc(Cl)cc1CNC(=O)Cc1ccnc(NCC(F)(F)c2ccccn2)c1F.O=C(Cc1ccnc(NCC(F)(F)c2cccc[n+]2[O-])c1F)NCc1cc(Cl)ccc1-n1cncn1.O=C(Cc1ccnc(NCC(F)(F)c2cccc[n+]2[O-])c1F)NCc1cc(Cl)ccc1-n1cnnn1. The average Bonchev–Trinajstić information content (AvgIpc) is 1.37. The first-order chi connectivity index (χ1) is 50.3. The molecule has 0 aliphatic rings. The van der Waals surface area contributed by atoms with Crippen LogP contribution in [-0.4, -0.2) is 98.8 Å². The molecule has 0 unspecified atom stereocenters. The number of halogens is 12. The molecule has 37 heteroatoms. The molecule has 11 rings (SSSR count). The Kier molecular flexibility index (Phi) is 26.6. The van der Waals surface area contributed by atoms with E-state index >= 15 is 0 Å². The van der Waals surface area contributed by atoms with E-state index in [2.05, 4.69) is 77.4 Å². The zero-order valence-corrected chi connectivity index (χ0v) is 56.8. The minimum Gasteiger partial charge on any atom is -0.618 e. The zero-order valence-electron chi connectivity index (χ0n) is 54.6. The highest BCUT2D eigenvalue weighted by atomic mass is 35.5. The molecule has 0 aliphatic heterocycles. The Bertz CT molecular complexity index is 4570. The maximum Gasteiger partial charge on any atom is 0.347 e. The van der Waals surface area contributed by atoms with Crippen molar-refractivity contribution in [1.29, 1.82) is 0 Å². The van der Waals surface area contributed by atoms with Crippen LogP contribution < -0.4 is 47.1 Å². The highest BCUT2D eigenvalue weighted by molar-refractivity contribution is 6.31. The number of carbonyl (C=O) groups is 3. The number of nitrogens with zero attached hydrogens (tertiary/aromatic N) is 13. The van der Waals surface area contributed by atoms with Gasteiger partial charge in [-0.1, -0.05) is 46.9 Å². The summed E-state index contributed by atoms with van der Waals surface area (Å²) in [5.41, 5.74) is 7.78. The molecular formula is C68H60Cl3F9N20O5. The van der Waals surface area contributed by atoms with Crippen molar-refractivity contribution >= 4 is 70.0 Å². The molecule has 8 heterocycles. The third-order valence-electron chi connectivity index (χ3n) is 15.2. The van der Waals surface area contributed by atoms with E-state index in [1.807, 2.05) is 6.07 Å². The second-order valence-corrected chi connectivity index (χ2v) is 23.9. The second-order valence-electron chi connectivity index (χ2n) is 22.6. The molecule has 8 N–H and O–H groups in total. The summed E-state index contributed by atoms with van der Waals surface area (Å²) in [6.45, 7) is -2.28. The molecule has 0 radical (unpaired) electrons. The van der Waals surface area contributed by atoms with E-state index in [0.29, 0.717) is 50.5 Å². The van der Waals surface area contributed by atoms with Gasteiger partial charge in [0.1, 0.15) is 24.7 Å². The van der Waals surface area contributed by atoms with Crippen LogP contribution in [0.15, 0.2) is 184 Å². The van der Waals surface area contributed by atoms with Gasteiger partial charge in [0.05, 0.1) is 50.3 Å². The van der Waals surface area contributed by atoms with Crippen molar-refractivity contribution in [2.75, 3.05) is 42.1 Å². The Morgan fingerprint density at radius 1 is 0.486 bits per heavy atom. The van der Waals surface area contributed by atoms with Crippen LogP contribution in [0.4, 0.5) is 57.0 Å². The number of hydrogen-bond acceptors (Lipinski definition) is 18. The lowest BCUT2D eigenvalue weighted by Crippen LogP contribution is -2.41. The van der Waals surface area contributed by atoms with Crippen LogP contribution in [0, 0.1) is 27.9 Å². The predicted octanol–water partition coefficient (Wildman–Crippen LogP) is 9.53. The van der Waals surface area contributed by atoms with Crippen molar-refractivity contribution < 1.29 is 63.4 Å². The number of nitrogens with two attached hydrogens (primary N) is 1. The Balaban J connectivity index is 0.000000183. The van der Waals surface area contributed by atoms with Gasteiger partial charge in [0.15, 0.2) is 47.3 Å². The number of pyridine rings is 6. The van der Waals surface area contributed by atoms with E-state index in [0.717, 1.165) is 35.7 Å². The quantitative estimate of drug-likeness (QED) is 0.0136. The molecule has 0 aliphatic carbocycles. The largest absolute Gasteiger partial charge is 0.618 e. The number of benzene rings is 3. The van der Waals surface area contributed by atoms with Crippen LogP contribution in [0.25, 0.3) is 11.4 Å². The molecule has 0 spiro atoms. The maximum atomic E-state index is 14.9. The molecule has 8 aromatic heterocycles. The van der Waals surface area contributed by atoms with Crippen LogP contribution >= 0.6 is 34.8 Å². The summed E-state index contributed by atoms with van der Waals surface area (Å²) in [7, 11) is 0.